The van der Waals surface area contributed by atoms with Crippen LogP contribution in [0.5, 0.6) is 5.75 Å². The summed E-state index contributed by atoms with van der Waals surface area (Å²) in [7, 11) is 3.36. The Morgan fingerprint density at radius 1 is 1.19 bits per heavy atom. The van der Waals surface area contributed by atoms with Crippen LogP contribution in [0.1, 0.15) is 25.5 Å². The van der Waals surface area contributed by atoms with E-state index >= 15 is 0 Å². The summed E-state index contributed by atoms with van der Waals surface area (Å²) in [5.41, 5.74) is 0.911. The minimum atomic E-state index is 0.522. The third-order valence-corrected chi connectivity index (χ3v) is 3.15. The van der Waals surface area contributed by atoms with Gasteiger partial charge in [0.25, 0.3) is 0 Å². The lowest BCUT2D eigenvalue weighted by molar-refractivity contribution is 0.200. The maximum absolute atomic E-state index is 5.43. The van der Waals surface area contributed by atoms with Crippen LogP contribution in [-0.4, -0.2) is 35.6 Å². The topological polar surface area (TPSA) is 49.2 Å². The number of methoxy groups -OCH3 is 2. The highest BCUT2D eigenvalue weighted by Crippen LogP contribution is 2.23. The predicted octanol–water partition coefficient (Wildman–Crippen LogP) is 2.66. The number of rotatable bonds is 7. The highest BCUT2D eigenvalue weighted by Gasteiger charge is 2.15. The van der Waals surface area contributed by atoms with Crippen molar-refractivity contribution in [1.29, 1.82) is 0 Å². The summed E-state index contributed by atoms with van der Waals surface area (Å²) >= 11 is 0. The Balaban J connectivity index is 2.41. The summed E-state index contributed by atoms with van der Waals surface area (Å²) < 4.78 is 12.5. The molecule has 0 fully saturated rings. The van der Waals surface area contributed by atoms with E-state index in [1.54, 1.807) is 14.2 Å². The molecule has 0 spiro atoms. The fourth-order valence-electron chi connectivity index (χ4n) is 2.20. The summed E-state index contributed by atoms with van der Waals surface area (Å²) in [4.78, 5) is 4.66. The van der Waals surface area contributed by atoms with E-state index in [-0.39, 0.29) is 0 Å². The number of nitrogens with zero attached hydrogens (tertiary/aromatic N) is 3. The molecule has 2 aromatic rings. The minimum Gasteiger partial charge on any atom is -0.494 e. The molecule has 1 heterocycles. The van der Waals surface area contributed by atoms with E-state index in [0.29, 0.717) is 12.5 Å². The van der Waals surface area contributed by atoms with E-state index in [9.17, 15) is 0 Å². The van der Waals surface area contributed by atoms with Crippen LogP contribution in [0.4, 0.5) is 0 Å². The van der Waals surface area contributed by atoms with E-state index in [4.69, 9.17) is 9.47 Å². The third kappa shape index (κ3) is 3.82. The Bertz CT molecular complexity index is 579. The maximum atomic E-state index is 5.43. The molecule has 0 saturated carbocycles. The predicted molar refractivity (Wildman–Crippen MR) is 82.0 cm³/mol. The molecule has 0 N–H and O–H groups in total. The second-order valence-corrected chi connectivity index (χ2v) is 5.37. The van der Waals surface area contributed by atoms with E-state index in [0.717, 1.165) is 35.9 Å². The van der Waals surface area contributed by atoms with Crippen molar-refractivity contribution in [2.75, 3.05) is 20.8 Å². The zero-order chi connectivity index (χ0) is 15.2. The SMILES string of the molecule is COCCc1nc(CC(C)C)nn1-c1ccccc1OC. The van der Waals surface area contributed by atoms with Crippen molar-refractivity contribution in [2.45, 2.75) is 26.7 Å². The quantitative estimate of drug-likeness (QED) is 0.786. The number of hydrogen-bond acceptors (Lipinski definition) is 4. The van der Waals surface area contributed by atoms with Gasteiger partial charge in [0.05, 0.1) is 13.7 Å². The van der Waals surface area contributed by atoms with Crippen molar-refractivity contribution in [3.05, 3.63) is 35.9 Å². The Kier molecular flexibility index (Phi) is 5.33. The van der Waals surface area contributed by atoms with Crippen molar-refractivity contribution in [1.82, 2.24) is 14.8 Å². The third-order valence-electron chi connectivity index (χ3n) is 3.15. The summed E-state index contributed by atoms with van der Waals surface area (Å²) in [6.07, 6.45) is 1.59. The number of hydrogen-bond donors (Lipinski definition) is 0. The molecule has 1 aromatic carbocycles. The Morgan fingerprint density at radius 3 is 2.62 bits per heavy atom. The van der Waals surface area contributed by atoms with Crippen LogP contribution in [0.25, 0.3) is 5.69 Å². The van der Waals surface area contributed by atoms with Gasteiger partial charge in [0.15, 0.2) is 5.82 Å². The van der Waals surface area contributed by atoms with Crippen molar-refractivity contribution in [2.24, 2.45) is 5.92 Å². The molecule has 5 heteroatoms. The molecule has 0 aliphatic heterocycles. The van der Waals surface area contributed by atoms with Crippen LogP contribution in [0.2, 0.25) is 0 Å². The van der Waals surface area contributed by atoms with Gasteiger partial charge in [-0.1, -0.05) is 26.0 Å². The lowest BCUT2D eigenvalue weighted by Gasteiger charge is -2.10. The molecule has 0 saturated heterocycles. The van der Waals surface area contributed by atoms with Crippen LogP contribution < -0.4 is 4.74 Å². The second kappa shape index (κ2) is 7.22. The molecule has 114 valence electrons. The molecule has 2 rings (SSSR count). The maximum Gasteiger partial charge on any atom is 0.151 e. The molecule has 5 nitrogen and oxygen atoms in total. The van der Waals surface area contributed by atoms with Gasteiger partial charge in [0.1, 0.15) is 17.3 Å². The average molecular weight is 289 g/mol. The molecule has 0 aliphatic rings. The first-order valence-electron chi connectivity index (χ1n) is 7.22. The molecule has 0 amide bonds. The van der Waals surface area contributed by atoms with E-state index < -0.39 is 0 Å². The number of ether oxygens (including phenoxy) is 2. The highest BCUT2D eigenvalue weighted by atomic mass is 16.5. The molecule has 0 atom stereocenters. The fourth-order valence-corrected chi connectivity index (χ4v) is 2.20. The lowest BCUT2D eigenvalue weighted by atomic mass is 10.1. The standard InChI is InChI=1S/C16H23N3O2/c1-12(2)11-15-17-16(9-10-20-3)19(18-15)13-7-5-6-8-14(13)21-4/h5-8,12H,9-11H2,1-4H3. The van der Waals surface area contributed by atoms with E-state index in [1.807, 2.05) is 28.9 Å². The number of para-hydroxylation sites is 2. The van der Waals surface area contributed by atoms with Crippen LogP contribution in [-0.2, 0) is 17.6 Å². The molecule has 1 aromatic heterocycles. The lowest BCUT2D eigenvalue weighted by Crippen LogP contribution is -2.07. The number of benzene rings is 1. The van der Waals surface area contributed by atoms with Crippen LogP contribution in [0.3, 0.4) is 0 Å². The van der Waals surface area contributed by atoms with Crippen LogP contribution in [0.15, 0.2) is 24.3 Å². The first-order chi connectivity index (χ1) is 10.2. The first-order valence-corrected chi connectivity index (χ1v) is 7.22. The van der Waals surface area contributed by atoms with Crippen molar-refractivity contribution < 1.29 is 9.47 Å². The van der Waals surface area contributed by atoms with Gasteiger partial charge in [-0.2, -0.15) is 5.10 Å². The van der Waals surface area contributed by atoms with Gasteiger partial charge >= 0.3 is 0 Å². The molecular formula is C16H23N3O2. The normalized spacial score (nSPS) is 11.1. The van der Waals surface area contributed by atoms with Gasteiger partial charge in [-0.25, -0.2) is 9.67 Å². The van der Waals surface area contributed by atoms with E-state index in [2.05, 4.69) is 23.9 Å². The van der Waals surface area contributed by atoms with Crippen LogP contribution >= 0.6 is 0 Å². The smallest absolute Gasteiger partial charge is 0.151 e. The van der Waals surface area contributed by atoms with Gasteiger partial charge in [0, 0.05) is 20.0 Å². The zero-order valence-corrected chi connectivity index (χ0v) is 13.2. The zero-order valence-electron chi connectivity index (χ0n) is 13.2. The summed E-state index contributed by atoms with van der Waals surface area (Å²) in [5.74, 6) is 3.07. The Labute approximate surface area is 125 Å². The molecular weight excluding hydrogens is 266 g/mol. The summed E-state index contributed by atoms with van der Waals surface area (Å²) in [5, 5.41) is 4.65. The molecule has 0 aliphatic carbocycles. The second-order valence-electron chi connectivity index (χ2n) is 5.37. The van der Waals surface area contributed by atoms with Gasteiger partial charge in [-0.3, -0.25) is 0 Å². The summed E-state index contributed by atoms with van der Waals surface area (Å²) in [6, 6.07) is 7.84. The highest BCUT2D eigenvalue weighted by molar-refractivity contribution is 5.46. The monoisotopic (exact) mass is 289 g/mol. The van der Waals surface area contributed by atoms with E-state index in [1.165, 1.54) is 0 Å². The molecule has 21 heavy (non-hydrogen) atoms. The van der Waals surface area contributed by atoms with Gasteiger partial charge < -0.3 is 9.47 Å². The van der Waals surface area contributed by atoms with Crippen molar-refractivity contribution >= 4 is 0 Å². The average Bonchev–Trinajstić information content (AvgIpc) is 2.86. The fraction of sp³-hybridized carbons (Fsp3) is 0.500. The molecule has 0 unspecified atom stereocenters. The minimum absolute atomic E-state index is 0.522. The molecule has 0 radical (unpaired) electrons. The van der Waals surface area contributed by atoms with Gasteiger partial charge in [-0.15, -0.1) is 0 Å². The number of aromatic nitrogens is 3. The first kappa shape index (κ1) is 15.5. The summed E-state index contributed by atoms with van der Waals surface area (Å²) in [6.45, 7) is 4.95. The van der Waals surface area contributed by atoms with Gasteiger partial charge in [0.2, 0.25) is 0 Å². The molecule has 0 bridgehead atoms. The van der Waals surface area contributed by atoms with Crippen LogP contribution in [0, 0.1) is 5.92 Å². The Hall–Kier alpha value is -1.88. The van der Waals surface area contributed by atoms with Crippen molar-refractivity contribution in [3.63, 3.8) is 0 Å². The Morgan fingerprint density at radius 2 is 1.95 bits per heavy atom. The largest absolute Gasteiger partial charge is 0.494 e. The van der Waals surface area contributed by atoms with Crippen molar-refractivity contribution in [3.8, 4) is 11.4 Å². The van der Waals surface area contributed by atoms with Gasteiger partial charge in [-0.05, 0) is 18.1 Å².